The van der Waals surface area contributed by atoms with E-state index in [4.69, 9.17) is 5.73 Å². The van der Waals surface area contributed by atoms with E-state index in [2.05, 4.69) is 15.3 Å². The van der Waals surface area contributed by atoms with Crippen LogP contribution in [0.15, 0.2) is 24.5 Å². The Bertz CT molecular complexity index is 420. The Balaban J connectivity index is 2.59. The third-order valence-electron chi connectivity index (χ3n) is 1.83. The minimum absolute atomic E-state index is 0.493. The third kappa shape index (κ3) is 1.24. The molecule has 5 heteroatoms. The van der Waals surface area contributed by atoms with Crippen LogP contribution in [0.25, 0.3) is 11.3 Å². The van der Waals surface area contributed by atoms with Crippen LogP contribution in [0.4, 0.5) is 5.82 Å². The van der Waals surface area contributed by atoms with E-state index in [1.54, 1.807) is 17.1 Å². The minimum Gasteiger partial charge on any atom is -0.383 e. The molecular formula is C8H9N5. The van der Waals surface area contributed by atoms with Crippen LogP contribution in [0.3, 0.4) is 0 Å². The summed E-state index contributed by atoms with van der Waals surface area (Å²) in [5.74, 6) is 0.493. The number of aryl methyl sites for hydroxylation is 1. The third-order valence-corrected chi connectivity index (χ3v) is 1.83. The Morgan fingerprint density at radius 3 is 2.92 bits per heavy atom. The normalized spacial score (nSPS) is 10.2. The van der Waals surface area contributed by atoms with E-state index in [-0.39, 0.29) is 0 Å². The number of hydrogen-bond acceptors (Lipinski definition) is 4. The van der Waals surface area contributed by atoms with Crippen LogP contribution in [0, 0.1) is 0 Å². The quantitative estimate of drug-likeness (QED) is 0.683. The molecule has 2 aromatic rings. The molecule has 0 bridgehead atoms. The summed E-state index contributed by atoms with van der Waals surface area (Å²) in [6, 6.07) is 3.72. The van der Waals surface area contributed by atoms with Crippen LogP contribution >= 0.6 is 0 Å². The Kier molecular flexibility index (Phi) is 1.70. The zero-order chi connectivity index (χ0) is 9.26. The standard InChI is InChI=1S/C8H9N5/c1-13-7(5-11-12-13)6-3-2-4-10-8(6)9/h2-5H,1H3,(H2,9,10). The highest BCUT2D eigenvalue weighted by Gasteiger charge is 2.06. The first-order valence-corrected chi connectivity index (χ1v) is 3.84. The first kappa shape index (κ1) is 7.72. The van der Waals surface area contributed by atoms with Gasteiger partial charge >= 0.3 is 0 Å². The summed E-state index contributed by atoms with van der Waals surface area (Å²) in [5.41, 5.74) is 7.42. The van der Waals surface area contributed by atoms with Crippen molar-refractivity contribution in [2.45, 2.75) is 0 Å². The zero-order valence-corrected chi connectivity index (χ0v) is 7.18. The summed E-state index contributed by atoms with van der Waals surface area (Å²) in [7, 11) is 1.81. The van der Waals surface area contributed by atoms with E-state index >= 15 is 0 Å². The van der Waals surface area contributed by atoms with Crippen molar-refractivity contribution in [3.8, 4) is 11.3 Å². The number of aromatic nitrogens is 4. The zero-order valence-electron chi connectivity index (χ0n) is 7.18. The predicted octanol–water partition coefficient (Wildman–Crippen LogP) is 0.459. The molecule has 2 rings (SSSR count). The highest BCUT2D eigenvalue weighted by Crippen LogP contribution is 2.21. The Labute approximate surface area is 75.2 Å². The Morgan fingerprint density at radius 1 is 1.46 bits per heavy atom. The summed E-state index contributed by atoms with van der Waals surface area (Å²) in [4.78, 5) is 3.99. The molecule has 13 heavy (non-hydrogen) atoms. The van der Waals surface area contributed by atoms with E-state index in [0.717, 1.165) is 11.3 Å². The van der Waals surface area contributed by atoms with Gasteiger partial charge in [-0.05, 0) is 12.1 Å². The average Bonchev–Trinajstić information content (AvgIpc) is 2.52. The minimum atomic E-state index is 0.493. The summed E-state index contributed by atoms with van der Waals surface area (Å²) < 4.78 is 1.66. The summed E-state index contributed by atoms with van der Waals surface area (Å²) >= 11 is 0. The molecule has 66 valence electrons. The smallest absolute Gasteiger partial charge is 0.132 e. The van der Waals surface area contributed by atoms with Gasteiger partial charge in [-0.2, -0.15) is 0 Å². The van der Waals surface area contributed by atoms with Gasteiger partial charge in [0.15, 0.2) is 0 Å². The fourth-order valence-electron chi connectivity index (χ4n) is 1.17. The monoisotopic (exact) mass is 175 g/mol. The van der Waals surface area contributed by atoms with Gasteiger partial charge < -0.3 is 5.73 Å². The number of nitrogen functional groups attached to an aromatic ring is 1. The number of pyridine rings is 1. The van der Waals surface area contributed by atoms with Crippen molar-refractivity contribution < 1.29 is 0 Å². The fraction of sp³-hybridized carbons (Fsp3) is 0.125. The van der Waals surface area contributed by atoms with Crippen LogP contribution in [0.2, 0.25) is 0 Å². The topological polar surface area (TPSA) is 69.6 Å². The molecule has 2 heterocycles. The molecule has 0 saturated heterocycles. The van der Waals surface area contributed by atoms with Gasteiger partial charge in [0.25, 0.3) is 0 Å². The number of anilines is 1. The van der Waals surface area contributed by atoms with Gasteiger partial charge in [0.05, 0.1) is 11.9 Å². The maximum atomic E-state index is 5.70. The molecule has 0 radical (unpaired) electrons. The lowest BCUT2D eigenvalue weighted by atomic mass is 10.2. The SMILES string of the molecule is Cn1nncc1-c1cccnc1N. The van der Waals surface area contributed by atoms with E-state index in [1.807, 2.05) is 19.2 Å². The second kappa shape index (κ2) is 2.85. The highest BCUT2D eigenvalue weighted by atomic mass is 15.4. The van der Waals surface area contributed by atoms with Gasteiger partial charge in [0.2, 0.25) is 0 Å². The van der Waals surface area contributed by atoms with Gasteiger partial charge in [0, 0.05) is 18.8 Å². The fourth-order valence-corrected chi connectivity index (χ4v) is 1.17. The van der Waals surface area contributed by atoms with Crippen LogP contribution in [-0.4, -0.2) is 20.0 Å². The van der Waals surface area contributed by atoms with Crippen molar-refractivity contribution in [3.05, 3.63) is 24.5 Å². The first-order chi connectivity index (χ1) is 6.29. The van der Waals surface area contributed by atoms with E-state index in [9.17, 15) is 0 Å². The maximum Gasteiger partial charge on any atom is 0.132 e. The maximum absolute atomic E-state index is 5.70. The average molecular weight is 175 g/mol. The Hall–Kier alpha value is -1.91. The molecule has 2 aromatic heterocycles. The van der Waals surface area contributed by atoms with Crippen molar-refractivity contribution in [2.24, 2.45) is 7.05 Å². The van der Waals surface area contributed by atoms with Gasteiger partial charge in [-0.25, -0.2) is 9.67 Å². The lowest BCUT2D eigenvalue weighted by Crippen LogP contribution is -1.98. The lowest BCUT2D eigenvalue weighted by molar-refractivity contribution is 0.720. The molecule has 0 aliphatic carbocycles. The summed E-state index contributed by atoms with van der Waals surface area (Å²) in [6.45, 7) is 0. The van der Waals surface area contributed by atoms with Crippen LogP contribution in [0.1, 0.15) is 0 Å². The second-order valence-corrected chi connectivity index (χ2v) is 2.68. The highest BCUT2D eigenvalue weighted by molar-refractivity contribution is 5.69. The van der Waals surface area contributed by atoms with Gasteiger partial charge in [-0.3, -0.25) is 0 Å². The molecular weight excluding hydrogens is 166 g/mol. The second-order valence-electron chi connectivity index (χ2n) is 2.68. The number of hydrogen-bond donors (Lipinski definition) is 1. The predicted molar refractivity (Wildman–Crippen MR) is 48.6 cm³/mol. The largest absolute Gasteiger partial charge is 0.383 e. The molecule has 0 aliphatic rings. The molecule has 0 unspecified atom stereocenters. The molecule has 2 N–H and O–H groups in total. The van der Waals surface area contributed by atoms with Crippen LogP contribution in [-0.2, 0) is 7.05 Å². The number of nitrogens with zero attached hydrogens (tertiary/aromatic N) is 4. The van der Waals surface area contributed by atoms with Crippen molar-refractivity contribution in [1.82, 2.24) is 20.0 Å². The molecule has 0 aromatic carbocycles. The summed E-state index contributed by atoms with van der Waals surface area (Å²) in [5, 5.41) is 7.59. The van der Waals surface area contributed by atoms with Crippen molar-refractivity contribution >= 4 is 5.82 Å². The molecule has 0 fully saturated rings. The van der Waals surface area contributed by atoms with Gasteiger partial charge in [-0.15, -0.1) is 5.10 Å². The van der Waals surface area contributed by atoms with Gasteiger partial charge in [0.1, 0.15) is 5.82 Å². The molecule has 0 spiro atoms. The number of nitrogens with two attached hydrogens (primary N) is 1. The molecule has 5 nitrogen and oxygen atoms in total. The van der Waals surface area contributed by atoms with Crippen molar-refractivity contribution in [1.29, 1.82) is 0 Å². The lowest BCUT2D eigenvalue weighted by Gasteiger charge is -2.02. The molecule has 0 saturated carbocycles. The summed E-state index contributed by atoms with van der Waals surface area (Å²) in [6.07, 6.45) is 3.32. The Morgan fingerprint density at radius 2 is 2.31 bits per heavy atom. The van der Waals surface area contributed by atoms with Gasteiger partial charge in [-0.1, -0.05) is 5.21 Å². The molecule has 0 aliphatic heterocycles. The van der Waals surface area contributed by atoms with E-state index < -0.39 is 0 Å². The van der Waals surface area contributed by atoms with Crippen molar-refractivity contribution in [3.63, 3.8) is 0 Å². The van der Waals surface area contributed by atoms with Crippen LogP contribution in [0.5, 0.6) is 0 Å². The van der Waals surface area contributed by atoms with E-state index in [1.165, 1.54) is 0 Å². The first-order valence-electron chi connectivity index (χ1n) is 3.84. The van der Waals surface area contributed by atoms with E-state index in [0.29, 0.717) is 5.82 Å². The van der Waals surface area contributed by atoms with Crippen molar-refractivity contribution in [2.75, 3.05) is 5.73 Å². The number of rotatable bonds is 1. The molecule has 0 atom stereocenters. The van der Waals surface area contributed by atoms with Crippen LogP contribution < -0.4 is 5.73 Å². The molecule has 0 amide bonds.